The van der Waals surface area contributed by atoms with Crippen molar-refractivity contribution in [2.45, 2.75) is 52.4 Å². The highest BCUT2D eigenvalue weighted by atomic mass is 16.2. The number of para-hydroxylation sites is 1. The molecule has 29 heavy (non-hydrogen) atoms. The molecule has 0 atom stereocenters. The molecule has 0 spiro atoms. The molecule has 0 saturated heterocycles. The maximum atomic E-state index is 12.6. The predicted molar refractivity (Wildman–Crippen MR) is 118 cm³/mol. The molecule has 1 heterocycles. The number of amides is 2. The van der Waals surface area contributed by atoms with Gasteiger partial charge in [0.05, 0.1) is 0 Å². The van der Waals surface area contributed by atoms with E-state index in [9.17, 15) is 9.59 Å². The van der Waals surface area contributed by atoms with Gasteiger partial charge in [-0.1, -0.05) is 68.3 Å². The normalized spacial score (nSPS) is 11.0. The fourth-order valence-corrected chi connectivity index (χ4v) is 3.83. The molecule has 0 aliphatic carbocycles. The van der Waals surface area contributed by atoms with E-state index in [0.29, 0.717) is 19.4 Å². The Morgan fingerprint density at radius 1 is 0.966 bits per heavy atom. The average molecular weight is 391 g/mol. The van der Waals surface area contributed by atoms with Crippen molar-refractivity contribution >= 4 is 22.7 Å². The van der Waals surface area contributed by atoms with Gasteiger partial charge in [-0.15, -0.1) is 0 Å². The molecule has 1 N–H and O–H groups in total. The number of rotatable bonds is 9. The zero-order valence-corrected chi connectivity index (χ0v) is 17.4. The summed E-state index contributed by atoms with van der Waals surface area (Å²) in [5, 5.41) is 1.17. The lowest BCUT2D eigenvalue weighted by atomic mass is 10.0. The molecule has 0 aliphatic heterocycles. The fourth-order valence-electron chi connectivity index (χ4n) is 3.83. The summed E-state index contributed by atoms with van der Waals surface area (Å²) in [4.78, 5) is 29.6. The van der Waals surface area contributed by atoms with Crippen molar-refractivity contribution in [2.75, 3.05) is 6.54 Å². The monoisotopic (exact) mass is 390 g/mol. The molecule has 3 rings (SSSR count). The summed E-state index contributed by atoms with van der Waals surface area (Å²) in [5.74, 6) is -0.230. The van der Waals surface area contributed by atoms with E-state index in [-0.39, 0.29) is 11.8 Å². The second-order valence-corrected chi connectivity index (χ2v) is 7.56. The van der Waals surface area contributed by atoms with Crippen LogP contribution in [0.25, 0.3) is 10.9 Å². The highest BCUT2D eigenvalue weighted by molar-refractivity contribution is 5.94. The summed E-state index contributed by atoms with van der Waals surface area (Å²) in [6.45, 7) is 4.01. The second-order valence-electron chi connectivity index (χ2n) is 7.56. The molecule has 0 aliphatic rings. The van der Waals surface area contributed by atoms with Gasteiger partial charge in [0.15, 0.2) is 0 Å². The topological polar surface area (TPSA) is 53.2 Å². The van der Waals surface area contributed by atoms with Crippen molar-refractivity contribution in [3.63, 3.8) is 0 Å². The minimum atomic E-state index is -0.170. The third-order valence-corrected chi connectivity index (χ3v) is 5.39. The van der Waals surface area contributed by atoms with E-state index in [4.69, 9.17) is 0 Å². The zero-order chi connectivity index (χ0) is 20.6. The quantitative estimate of drug-likeness (QED) is 0.507. The molecule has 0 saturated carbocycles. The number of carbonyl (C=O) groups excluding carboxylic acids is 2. The van der Waals surface area contributed by atoms with E-state index in [1.165, 1.54) is 28.3 Å². The molecule has 2 amide bonds. The minimum absolute atomic E-state index is 0.0598. The highest BCUT2D eigenvalue weighted by Gasteiger charge is 2.19. The summed E-state index contributed by atoms with van der Waals surface area (Å²) in [6, 6.07) is 18.6. The van der Waals surface area contributed by atoms with Crippen LogP contribution in [0.5, 0.6) is 0 Å². The molecule has 0 radical (unpaired) electrons. The molecule has 0 bridgehead atoms. The van der Waals surface area contributed by atoms with Gasteiger partial charge >= 0.3 is 0 Å². The van der Waals surface area contributed by atoms with Crippen molar-refractivity contribution in [2.24, 2.45) is 0 Å². The molecule has 1 aromatic heterocycles. The van der Waals surface area contributed by atoms with Crippen LogP contribution in [0.1, 0.15) is 56.4 Å². The van der Waals surface area contributed by atoms with Crippen LogP contribution in [0.3, 0.4) is 0 Å². The van der Waals surface area contributed by atoms with Crippen molar-refractivity contribution in [1.82, 2.24) is 9.88 Å². The first kappa shape index (κ1) is 20.8. The number of nitrogens with zero attached hydrogens (tertiary/aromatic N) is 1. The number of hydrogen-bond donors (Lipinski definition) is 1. The zero-order valence-electron chi connectivity index (χ0n) is 17.4. The molecular weight excluding hydrogens is 360 g/mol. The fraction of sp³-hybridized carbons (Fsp3) is 0.360. The number of unbranched alkanes of at least 4 members (excludes halogenated alkanes) is 2. The summed E-state index contributed by atoms with van der Waals surface area (Å²) in [5.41, 5.74) is 4.67. The Morgan fingerprint density at radius 2 is 1.69 bits per heavy atom. The van der Waals surface area contributed by atoms with Crippen LogP contribution in [0.2, 0.25) is 0 Å². The SMILES string of the molecule is CCCCCC(=O)N(CCc1c(Cc2ccccc2)[nH]c2ccccc12)C(C)=O. The molecule has 4 nitrogen and oxygen atoms in total. The number of nitrogens with one attached hydrogen (secondary N) is 1. The Morgan fingerprint density at radius 3 is 2.41 bits per heavy atom. The lowest BCUT2D eigenvalue weighted by molar-refractivity contribution is -0.143. The number of hydrogen-bond acceptors (Lipinski definition) is 2. The van der Waals surface area contributed by atoms with E-state index in [0.717, 1.165) is 36.9 Å². The van der Waals surface area contributed by atoms with Gasteiger partial charge in [0, 0.05) is 42.9 Å². The smallest absolute Gasteiger partial charge is 0.229 e. The van der Waals surface area contributed by atoms with Gasteiger partial charge in [-0.2, -0.15) is 0 Å². The lowest BCUT2D eigenvalue weighted by Crippen LogP contribution is -2.36. The minimum Gasteiger partial charge on any atom is -0.358 e. The van der Waals surface area contributed by atoms with Gasteiger partial charge < -0.3 is 4.98 Å². The van der Waals surface area contributed by atoms with E-state index in [1.807, 2.05) is 30.3 Å². The largest absolute Gasteiger partial charge is 0.358 e. The molecule has 4 heteroatoms. The van der Waals surface area contributed by atoms with Gasteiger partial charge in [-0.05, 0) is 30.0 Å². The summed E-state index contributed by atoms with van der Waals surface area (Å²) in [7, 11) is 0. The van der Waals surface area contributed by atoms with Crippen LogP contribution in [0, 0.1) is 0 Å². The number of aromatic nitrogens is 1. The van der Waals surface area contributed by atoms with Crippen molar-refractivity contribution in [3.05, 3.63) is 71.4 Å². The first-order valence-corrected chi connectivity index (χ1v) is 10.5. The molecule has 3 aromatic rings. The van der Waals surface area contributed by atoms with Gasteiger partial charge in [-0.25, -0.2) is 0 Å². The van der Waals surface area contributed by atoms with Gasteiger partial charge in [0.1, 0.15) is 0 Å². The van der Waals surface area contributed by atoms with E-state index in [2.05, 4.69) is 36.2 Å². The van der Waals surface area contributed by atoms with E-state index >= 15 is 0 Å². The Kier molecular flexibility index (Phi) is 7.23. The van der Waals surface area contributed by atoms with Crippen LogP contribution in [0.4, 0.5) is 0 Å². The van der Waals surface area contributed by atoms with Crippen LogP contribution >= 0.6 is 0 Å². The maximum absolute atomic E-state index is 12.6. The third-order valence-electron chi connectivity index (χ3n) is 5.39. The van der Waals surface area contributed by atoms with E-state index in [1.54, 1.807) is 0 Å². The number of benzene rings is 2. The first-order valence-electron chi connectivity index (χ1n) is 10.5. The van der Waals surface area contributed by atoms with Gasteiger partial charge in [0.25, 0.3) is 0 Å². The number of H-pyrrole nitrogens is 1. The second kappa shape index (κ2) is 10.1. The Balaban J connectivity index is 1.81. The standard InChI is InChI=1S/C25H30N2O2/c1-3-4-6-15-25(29)27(19(2)28)17-16-22-21-13-9-10-14-23(21)26-24(22)18-20-11-7-5-8-12-20/h5,7-14,26H,3-4,6,15-18H2,1-2H3. The molecule has 2 aromatic carbocycles. The number of imide groups is 1. The Labute approximate surface area is 172 Å². The summed E-state index contributed by atoms with van der Waals surface area (Å²) >= 11 is 0. The molecule has 152 valence electrons. The van der Waals surface area contributed by atoms with Crippen LogP contribution in [-0.2, 0) is 22.4 Å². The highest BCUT2D eigenvalue weighted by Crippen LogP contribution is 2.25. The Hall–Kier alpha value is -2.88. The number of aromatic amines is 1. The van der Waals surface area contributed by atoms with Crippen molar-refractivity contribution in [3.8, 4) is 0 Å². The number of fused-ring (bicyclic) bond motifs is 1. The van der Waals surface area contributed by atoms with Crippen LogP contribution in [-0.4, -0.2) is 28.2 Å². The lowest BCUT2D eigenvalue weighted by Gasteiger charge is -2.19. The van der Waals surface area contributed by atoms with Crippen LogP contribution < -0.4 is 0 Å². The average Bonchev–Trinajstić information content (AvgIpc) is 3.06. The predicted octanol–water partition coefficient (Wildman–Crippen LogP) is 5.26. The van der Waals surface area contributed by atoms with Crippen LogP contribution in [0.15, 0.2) is 54.6 Å². The third kappa shape index (κ3) is 5.35. The van der Waals surface area contributed by atoms with Crippen molar-refractivity contribution < 1.29 is 9.59 Å². The first-order chi connectivity index (χ1) is 14.1. The molecular formula is C25H30N2O2. The van der Waals surface area contributed by atoms with Gasteiger partial charge in [-0.3, -0.25) is 14.5 Å². The van der Waals surface area contributed by atoms with E-state index < -0.39 is 0 Å². The summed E-state index contributed by atoms with van der Waals surface area (Å²) in [6.07, 6.45) is 4.82. The van der Waals surface area contributed by atoms with Crippen molar-refractivity contribution in [1.29, 1.82) is 0 Å². The number of carbonyl (C=O) groups is 2. The summed E-state index contributed by atoms with van der Waals surface area (Å²) < 4.78 is 0. The maximum Gasteiger partial charge on any atom is 0.229 e. The molecule has 0 fully saturated rings. The van der Waals surface area contributed by atoms with Gasteiger partial charge in [0.2, 0.25) is 11.8 Å². The Bertz CT molecular complexity index is 959. The molecule has 0 unspecified atom stereocenters.